The fourth-order valence-electron chi connectivity index (χ4n) is 3.34. The molecule has 25 heavy (non-hydrogen) atoms. The molecular formula is C19H22N4O2. The van der Waals surface area contributed by atoms with Gasteiger partial charge < -0.3 is 20.8 Å². The van der Waals surface area contributed by atoms with E-state index in [4.69, 9.17) is 16.2 Å². The summed E-state index contributed by atoms with van der Waals surface area (Å²) in [6.07, 6.45) is 0. The third-order valence-corrected chi connectivity index (χ3v) is 4.80. The SMILES string of the molecule is COc1ccc(C)c(-c2c(N)c(C(N)=O)cc3c2nc(C)n3C)c1C. The van der Waals surface area contributed by atoms with Crippen LogP contribution in [0.15, 0.2) is 18.2 Å². The van der Waals surface area contributed by atoms with Gasteiger partial charge in [-0.2, -0.15) is 0 Å². The van der Waals surface area contributed by atoms with Crippen molar-refractivity contribution in [2.75, 3.05) is 12.8 Å². The Morgan fingerprint density at radius 1 is 1.20 bits per heavy atom. The lowest BCUT2D eigenvalue weighted by Gasteiger charge is -2.17. The summed E-state index contributed by atoms with van der Waals surface area (Å²) in [5.74, 6) is 1.03. The van der Waals surface area contributed by atoms with Crippen molar-refractivity contribution in [1.82, 2.24) is 9.55 Å². The molecular weight excluding hydrogens is 316 g/mol. The van der Waals surface area contributed by atoms with E-state index in [9.17, 15) is 4.79 Å². The van der Waals surface area contributed by atoms with Crippen molar-refractivity contribution in [2.24, 2.45) is 12.8 Å². The van der Waals surface area contributed by atoms with E-state index in [1.165, 1.54) is 0 Å². The number of ether oxygens (including phenoxy) is 1. The predicted octanol–water partition coefficient (Wildman–Crippen LogP) is 2.86. The second-order valence-electron chi connectivity index (χ2n) is 6.25. The Labute approximate surface area is 146 Å². The van der Waals surface area contributed by atoms with Crippen LogP contribution >= 0.6 is 0 Å². The molecule has 130 valence electrons. The molecule has 3 rings (SSSR count). The third kappa shape index (κ3) is 2.41. The number of amides is 1. The molecule has 1 aromatic heterocycles. The number of aromatic nitrogens is 2. The molecule has 0 unspecified atom stereocenters. The van der Waals surface area contributed by atoms with Gasteiger partial charge in [-0.1, -0.05) is 6.07 Å². The highest BCUT2D eigenvalue weighted by Gasteiger charge is 2.23. The highest BCUT2D eigenvalue weighted by atomic mass is 16.5. The van der Waals surface area contributed by atoms with Gasteiger partial charge in [0.1, 0.15) is 11.6 Å². The lowest BCUT2D eigenvalue weighted by Crippen LogP contribution is -2.15. The van der Waals surface area contributed by atoms with Gasteiger partial charge in [0, 0.05) is 12.6 Å². The van der Waals surface area contributed by atoms with Gasteiger partial charge in [0.05, 0.1) is 29.4 Å². The minimum Gasteiger partial charge on any atom is -0.496 e. The van der Waals surface area contributed by atoms with E-state index in [0.29, 0.717) is 11.3 Å². The fourth-order valence-corrected chi connectivity index (χ4v) is 3.34. The highest BCUT2D eigenvalue weighted by Crippen LogP contribution is 2.41. The van der Waals surface area contributed by atoms with Crippen molar-refractivity contribution < 1.29 is 9.53 Å². The van der Waals surface area contributed by atoms with E-state index in [-0.39, 0.29) is 0 Å². The van der Waals surface area contributed by atoms with Gasteiger partial charge in [0.15, 0.2) is 0 Å². The molecule has 1 heterocycles. The number of methoxy groups -OCH3 is 1. The maximum Gasteiger partial charge on any atom is 0.250 e. The second kappa shape index (κ2) is 5.81. The van der Waals surface area contributed by atoms with Crippen molar-refractivity contribution in [3.8, 4) is 16.9 Å². The first-order valence-electron chi connectivity index (χ1n) is 7.97. The number of hydrogen-bond acceptors (Lipinski definition) is 4. The Hall–Kier alpha value is -3.02. The number of nitrogens with two attached hydrogens (primary N) is 2. The molecule has 4 N–H and O–H groups in total. The molecule has 0 spiro atoms. The molecule has 0 saturated carbocycles. The summed E-state index contributed by atoms with van der Waals surface area (Å²) >= 11 is 0. The summed E-state index contributed by atoms with van der Waals surface area (Å²) in [7, 11) is 3.53. The Morgan fingerprint density at radius 2 is 1.88 bits per heavy atom. The van der Waals surface area contributed by atoms with Crippen molar-refractivity contribution in [2.45, 2.75) is 20.8 Å². The number of rotatable bonds is 3. The van der Waals surface area contributed by atoms with Crippen LogP contribution in [0.4, 0.5) is 5.69 Å². The van der Waals surface area contributed by atoms with Crippen LogP contribution in [0, 0.1) is 20.8 Å². The van der Waals surface area contributed by atoms with Crippen LogP contribution < -0.4 is 16.2 Å². The average Bonchev–Trinajstić information content (AvgIpc) is 2.83. The third-order valence-electron chi connectivity index (χ3n) is 4.80. The average molecular weight is 338 g/mol. The van der Waals surface area contributed by atoms with Crippen molar-refractivity contribution in [3.63, 3.8) is 0 Å². The van der Waals surface area contributed by atoms with Crippen LogP contribution in [0.1, 0.15) is 27.3 Å². The van der Waals surface area contributed by atoms with E-state index in [2.05, 4.69) is 4.98 Å². The number of carbonyl (C=O) groups excluding carboxylic acids is 1. The van der Waals surface area contributed by atoms with E-state index < -0.39 is 5.91 Å². The van der Waals surface area contributed by atoms with Crippen molar-refractivity contribution in [3.05, 3.63) is 40.7 Å². The van der Waals surface area contributed by atoms with Gasteiger partial charge in [0.2, 0.25) is 0 Å². The van der Waals surface area contributed by atoms with Crippen LogP contribution in [0.25, 0.3) is 22.2 Å². The standard InChI is InChI=1S/C19H22N4O2/c1-9-6-7-14(25-5)10(2)15(9)16-17(20)12(19(21)24)8-13-18(16)22-11(3)23(13)4/h6-8H,20H2,1-5H3,(H2,21,24). The number of aryl methyl sites for hydroxylation is 3. The zero-order chi connectivity index (χ0) is 18.5. The number of nitrogens with zero attached hydrogens (tertiary/aromatic N) is 2. The van der Waals surface area contributed by atoms with E-state index in [1.54, 1.807) is 13.2 Å². The fraction of sp³-hybridized carbons (Fsp3) is 0.263. The number of benzene rings is 2. The molecule has 0 aliphatic rings. The molecule has 0 aliphatic heterocycles. The quantitative estimate of drug-likeness (QED) is 0.718. The number of hydrogen-bond donors (Lipinski definition) is 2. The maximum absolute atomic E-state index is 11.9. The summed E-state index contributed by atoms with van der Waals surface area (Å²) in [4.78, 5) is 16.6. The van der Waals surface area contributed by atoms with Crippen molar-refractivity contribution in [1.29, 1.82) is 0 Å². The van der Waals surface area contributed by atoms with E-state index in [0.717, 1.165) is 44.9 Å². The molecule has 0 atom stereocenters. The van der Waals surface area contributed by atoms with Crippen LogP contribution in [0.5, 0.6) is 5.75 Å². The Bertz CT molecular complexity index is 1020. The monoisotopic (exact) mass is 338 g/mol. The Kier molecular flexibility index (Phi) is 3.91. The number of carbonyl (C=O) groups is 1. The van der Waals surface area contributed by atoms with Gasteiger partial charge in [-0.3, -0.25) is 4.79 Å². The molecule has 6 nitrogen and oxygen atoms in total. The zero-order valence-corrected chi connectivity index (χ0v) is 15.1. The summed E-state index contributed by atoms with van der Waals surface area (Å²) in [5.41, 5.74) is 17.8. The minimum atomic E-state index is -0.558. The zero-order valence-electron chi connectivity index (χ0n) is 15.1. The van der Waals surface area contributed by atoms with Gasteiger partial charge in [-0.15, -0.1) is 0 Å². The first-order chi connectivity index (χ1) is 11.8. The normalized spacial score (nSPS) is 11.1. The predicted molar refractivity (Wildman–Crippen MR) is 99.8 cm³/mol. The number of primary amides is 1. The molecule has 1 amide bonds. The molecule has 3 aromatic rings. The summed E-state index contributed by atoms with van der Waals surface area (Å²) in [6, 6.07) is 5.60. The van der Waals surface area contributed by atoms with Crippen LogP contribution in [-0.2, 0) is 7.05 Å². The van der Waals surface area contributed by atoms with E-state index >= 15 is 0 Å². The van der Waals surface area contributed by atoms with Gasteiger partial charge in [-0.25, -0.2) is 4.98 Å². The van der Waals surface area contributed by atoms with Crippen LogP contribution in [0.2, 0.25) is 0 Å². The van der Waals surface area contributed by atoms with Gasteiger partial charge in [0.25, 0.3) is 5.91 Å². The Morgan fingerprint density at radius 3 is 2.48 bits per heavy atom. The molecule has 0 saturated heterocycles. The summed E-state index contributed by atoms with van der Waals surface area (Å²) in [6.45, 7) is 5.88. The molecule has 0 radical (unpaired) electrons. The molecule has 0 fully saturated rings. The topological polar surface area (TPSA) is 96.2 Å². The van der Waals surface area contributed by atoms with Crippen LogP contribution in [-0.4, -0.2) is 22.6 Å². The molecule has 0 bridgehead atoms. The maximum atomic E-state index is 11.9. The first kappa shape index (κ1) is 16.8. The van der Waals surface area contributed by atoms with Gasteiger partial charge in [-0.05, 0) is 49.6 Å². The molecule has 0 aliphatic carbocycles. The lowest BCUT2D eigenvalue weighted by atomic mass is 9.91. The molecule has 6 heteroatoms. The lowest BCUT2D eigenvalue weighted by molar-refractivity contribution is 0.100. The summed E-state index contributed by atoms with van der Waals surface area (Å²) in [5, 5.41) is 0. The number of anilines is 1. The van der Waals surface area contributed by atoms with E-state index in [1.807, 2.05) is 44.5 Å². The highest BCUT2D eigenvalue weighted by molar-refractivity contribution is 6.10. The number of imidazole rings is 1. The second-order valence-corrected chi connectivity index (χ2v) is 6.25. The summed E-state index contributed by atoms with van der Waals surface area (Å²) < 4.78 is 7.39. The number of nitrogen functional groups attached to an aromatic ring is 1. The largest absolute Gasteiger partial charge is 0.496 e. The smallest absolute Gasteiger partial charge is 0.250 e. The van der Waals surface area contributed by atoms with Crippen LogP contribution in [0.3, 0.4) is 0 Å². The minimum absolute atomic E-state index is 0.298. The Balaban J connectivity index is 2.54. The van der Waals surface area contributed by atoms with Gasteiger partial charge >= 0.3 is 0 Å². The first-order valence-corrected chi connectivity index (χ1v) is 7.97. The van der Waals surface area contributed by atoms with Crippen molar-refractivity contribution >= 4 is 22.6 Å². The molecule has 2 aromatic carbocycles. The number of fused-ring (bicyclic) bond motifs is 1.